The molecule has 0 saturated carbocycles. The smallest absolute Gasteiger partial charge is 0.0234 e. The van der Waals surface area contributed by atoms with Crippen molar-refractivity contribution in [3.05, 3.63) is 0 Å². The van der Waals surface area contributed by atoms with Gasteiger partial charge < -0.3 is 18.1 Å². The van der Waals surface area contributed by atoms with E-state index in [4.69, 9.17) is 0 Å². The quantitative estimate of drug-likeness (QED) is 0.611. The van der Waals surface area contributed by atoms with Gasteiger partial charge in [-0.2, -0.15) is 0 Å². The highest BCUT2D eigenvalue weighted by atomic mass is 32.2. The second-order valence-electron chi connectivity index (χ2n) is 1.31. The van der Waals surface area contributed by atoms with Gasteiger partial charge in [-0.25, -0.2) is 0 Å². The lowest BCUT2D eigenvalue weighted by molar-refractivity contribution is 0.369. The Kier molecular flexibility index (Phi) is 14.6. The Morgan fingerprint density at radius 1 is 1.60 bits per heavy atom. The van der Waals surface area contributed by atoms with E-state index >= 15 is 0 Å². The van der Waals surface area contributed by atoms with Gasteiger partial charge in [-0.3, -0.25) is 0 Å². The number of nitrogens with one attached hydrogen (secondary N) is 1. The molecule has 0 radical (unpaired) electrons. The first kappa shape index (κ1) is 12.5. The summed E-state index contributed by atoms with van der Waals surface area (Å²) in [6.07, 6.45) is 0. The topological polar surface area (TPSA) is 50.7 Å². The van der Waals surface area contributed by atoms with Crippen molar-refractivity contribution in [2.45, 2.75) is 6.92 Å². The van der Waals surface area contributed by atoms with Gasteiger partial charge in [0.15, 0.2) is 0 Å². The maximum absolute atomic E-state index is 10.1. The molecule has 0 atom stereocenters. The number of nitrogens with zero attached hydrogens (tertiary/aromatic N) is 1. The van der Waals surface area contributed by atoms with E-state index in [2.05, 4.69) is 13.9 Å². The Bertz CT molecular complexity index is 121. The van der Waals surface area contributed by atoms with Crippen molar-refractivity contribution in [1.29, 1.82) is 0 Å². The van der Waals surface area contributed by atoms with Gasteiger partial charge in [0, 0.05) is 13.7 Å². The van der Waals surface area contributed by atoms with Crippen LogP contribution in [0.15, 0.2) is 4.36 Å². The standard InChI is InChI=1S/C3H8NO2S.C2H7N/c1-3-6-7(5)4-2;1-3-2/h3H2,1-2H3;3H,1-2H3/q-1;. The molecule has 0 aliphatic heterocycles. The van der Waals surface area contributed by atoms with Gasteiger partial charge in [0.05, 0.1) is 0 Å². The zero-order chi connectivity index (χ0) is 8.41. The third kappa shape index (κ3) is 15.7. The molecule has 0 aromatic carbocycles. The lowest BCUT2D eigenvalue weighted by atomic mass is 10.9. The lowest BCUT2D eigenvalue weighted by Crippen LogP contribution is -1.89. The zero-order valence-corrected chi connectivity index (χ0v) is 7.70. The van der Waals surface area contributed by atoms with Gasteiger partial charge in [-0.1, -0.05) is 10.9 Å². The van der Waals surface area contributed by atoms with E-state index in [1.807, 2.05) is 14.1 Å². The predicted octanol–water partition coefficient (Wildman–Crippen LogP) is 0.551. The van der Waals surface area contributed by atoms with Gasteiger partial charge in [-0.05, 0) is 21.0 Å². The molecule has 0 amide bonds. The van der Waals surface area contributed by atoms with E-state index in [1.165, 1.54) is 7.05 Å². The minimum absolute atomic E-state index is 0.448. The van der Waals surface area contributed by atoms with Crippen LogP contribution in [0.4, 0.5) is 0 Å². The van der Waals surface area contributed by atoms with Crippen molar-refractivity contribution >= 4 is 10.9 Å². The van der Waals surface area contributed by atoms with Crippen molar-refractivity contribution in [3.63, 3.8) is 0 Å². The van der Waals surface area contributed by atoms with Gasteiger partial charge >= 0.3 is 0 Å². The first-order chi connectivity index (χ1) is 4.72. The van der Waals surface area contributed by atoms with Gasteiger partial charge in [0.1, 0.15) is 0 Å². The Labute approximate surface area is 64.4 Å². The van der Waals surface area contributed by atoms with Crippen molar-refractivity contribution < 1.29 is 8.39 Å². The van der Waals surface area contributed by atoms with Crippen LogP contribution in [-0.2, 0) is 19.3 Å². The molecule has 0 aliphatic rings. The summed E-state index contributed by atoms with van der Waals surface area (Å²) in [5.41, 5.74) is 0. The molecule has 0 fully saturated rings. The van der Waals surface area contributed by atoms with Crippen LogP contribution in [0, 0.1) is 0 Å². The van der Waals surface area contributed by atoms with Crippen molar-refractivity contribution in [3.8, 4) is 0 Å². The Morgan fingerprint density at radius 2 is 2.00 bits per heavy atom. The molecule has 0 spiro atoms. The molecule has 4 nitrogen and oxygen atoms in total. The molecule has 64 valence electrons. The van der Waals surface area contributed by atoms with Crippen LogP contribution in [0.2, 0.25) is 0 Å². The molecule has 0 rings (SSSR count). The summed E-state index contributed by atoms with van der Waals surface area (Å²) in [6, 6.07) is 0. The highest BCUT2D eigenvalue weighted by Gasteiger charge is 1.59. The molecular formula is C5H15N2O2S-. The molecule has 5 heteroatoms. The fraction of sp³-hybridized carbons (Fsp3) is 1.00. The molecular weight excluding hydrogens is 152 g/mol. The highest BCUT2D eigenvalue weighted by molar-refractivity contribution is 7.69. The lowest BCUT2D eigenvalue weighted by Gasteiger charge is -1.98. The van der Waals surface area contributed by atoms with Gasteiger partial charge in [0.2, 0.25) is 0 Å². The van der Waals surface area contributed by atoms with Crippen LogP contribution in [0.25, 0.3) is 0 Å². The maximum Gasteiger partial charge on any atom is 0.0234 e. The second-order valence-corrected chi connectivity index (χ2v) is 2.34. The average Bonchev–Trinajstić information content (AvgIpc) is 1.90. The largest absolute Gasteiger partial charge is 0.439 e. The molecule has 10 heavy (non-hydrogen) atoms. The molecule has 0 aromatic heterocycles. The maximum atomic E-state index is 10.1. The van der Waals surface area contributed by atoms with Crippen LogP contribution in [0.3, 0.4) is 0 Å². The third-order valence-corrected chi connectivity index (χ3v) is 1.10. The van der Waals surface area contributed by atoms with E-state index < -0.39 is 10.9 Å². The Hall–Kier alpha value is -0.130. The van der Waals surface area contributed by atoms with Crippen LogP contribution in [0.5, 0.6) is 0 Å². The van der Waals surface area contributed by atoms with E-state index in [1.54, 1.807) is 6.92 Å². The summed E-state index contributed by atoms with van der Waals surface area (Å²) in [4.78, 5) is 0. The van der Waals surface area contributed by atoms with Crippen LogP contribution < -0.4 is 5.32 Å². The molecule has 0 unspecified atom stereocenters. The zero-order valence-electron chi connectivity index (χ0n) is 6.88. The highest BCUT2D eigenvalue weighted by Crippen LogP contribution is 1.73. The van der Waals surface area contributed by atoms with Crippen LogP contribution >= 0.6 is 0 Å². The fourth-order valence-corrected chi connectivity index (χ4v) is 0.461. The van der Waals surface area contributed by atoms with E-state index in [0.717, 1.165) is 0 Å². The summed E-state index contributed by atoms with van der Waals surface area (Å²) in [5.74, 6) is 0. The van der Waals surface area contributed by atoms with E-state index in [-0.39, 0.29) is 0 Å². The number of hydrogen-bond acceptors (Lipinski definition) is 5. The molecule has 1 N–H and O–H groups in total. The van der Waals surface area contributed by atoms with Crippen molar-refractivity contribution in [2.24, 2.45) is 4.36 Å². The second kappa shape index (κ2) is 11.6. The molecule has 0 aromatic rings. The first-order valence-electron chi connectivity index (χ1n) is 2.96. The van der Waals surface area contributed by atoms with Gasteiger partial charge in [-0.15, -0.1) is 0 Å². The minimum Gasteiger partial charge on any atom is -0.439 e. The molecule has 0 heterocycles. The average molecular weight is 167 g/mol. The third-order valence-electron chi connectivity index (χ3n) is 0.368. The summed E-state index contributed by atoms with van der Waals surface area (Å²) in [5, 5.41) is 2.75. The number of rotatable bonds is 2. The normalized spacial score (nSPS) is 12.0. The monoisotopic (exact) mass is 167 g/mol. The van der Waals surface area contributed by atoms with Crippen molar-refractivity contribution in [2.75, 3.05) is 27.7 Å². The molecule has 0 aliphatic carbocycles. The minimum atomic E-state index is -1.40. The summed E-state index contributed by atoms with van der Waals surface area (Å²) >= 11 is 0. The molecule has 0 bridgehead atoms. The Morgan fingerprint density at radius 3 is 2.10 bits per heavy atom. The summed E-state index contributed by atoms with van der Waals surface area (Å²) in [6.45, 7) is 2.22. The van der Waals surface area contributed by atoms with E-state index in [0.29, 0.717) is 6.61 Å². The summed E-state index contributed by atoms with van der Waals surface area (Å²) in [7, 11) is 3.80. The Balaban J connectivity index is 0. The van der Waals surface area contributed by atoms with Crippen LogP contribution in [0.1, 0.15) is 6.92 Å². The summed E-state index contributed by atoms with van der Waals surface area (Å²) < 4.78 is 18.0. The number of hydrogen-bond donors (Lipinski definition) is 1. The first-order valence-corrected chi connectivity index (χ1v) is 3.99. The van der Waals surface area contributed by atoms with E-state index in [9.17, 15) is 4.21 Å². The fourth-order valence-electron chi connectivity index (χ4n) is 0.154. The SMILES string of the molecule is CCO[S-](=O)=NC.CNC. The van der Waals surface area contributed by atoms with Crippen LogP contribution in [-0.4, -0.2) is 27.7 Å². The van der Waals surface area contributed by atoms with Gasteiger partial charge in [0.25, 0.3) is 0 Å². The predicted molar refractivity (Wildman–Crippen MR) is 43.0 cm³/mol. The molecule has 0 saturated heterocycles. The van der Waals surface area contributed by atoms with Crippen molar-refractivity contribution in [1.82, 2.24) is 5.32 Å².